The van der Waals surface area contributed by atoms with Crippen LogP contribution in [0.5, 0.6) is 0 Å². The number of carbonyl (C=O) groups excluding carboxylic acids is 2. The van der Waals surface area contributed by atoms with Gasteiger partial charge >= 0.3 is 0 Å². The van der Waals surface area contributed by atoms with E-state index in [0.29, 0.717) is 24.1 Å². The predicted molar refractivity (Wildman–Crippen MR) is 92.6 cm³/mol. The first-order valence-electron chi connectivity index (χ1n) is 8.40. The van der Waals surface area contributed by atoms with Gasteiger partial charge in [0, 0.05) is 30.6 Å². The minimum atomic E-state index is -0.268. The molecule has 2 aromatic heterocycles. The van der Waals surface area contributed by atoms with Crippen LogP contribution >= 0.6 is 11.3 Å². The molecule has 7 heteroatoms. The van der Waals surface area contributed by atoms with Gasteiger partial charge in [0.2, 0.25) is 11.8 Å². The lowest BCUT2D eigenvalue weighted by atomic mass is 10.1. The minimum Gasteiger partial charge on any atom is -0.360 e. The van der Waals surface area contributed by atoms with Crippen molar-refractivity contribution in [1.29, 1.82) is 0 Å². The average Bonchev–Trinajstić information content (AvgIpc) is 3.34. The number of thiazole rings is 1. The van der Waals surface area contributed by atoms with Crippen LogP contribution in [-0.2, 0) is 9.59 Å². The molecule has 1 saturated heterocycles. The number of aromatic nitrogens is 2. The molecule has 2 fully saturated rings. The van der Waals surface area contributed by atoms with E-state index in [4.69, 9.17) is 0 Å². The van der Waals surface area contributed by atoms with Gasteiger partial charge in [-0.25, -0.2) is 4.98 Å². The van der Waals surface area contributed by atoms with Crippen molar-refractivity contribution in [2.75, 3.05) is 11.9 Å². The molecule has 0 spiro atoms. The van der Waals surface area contributed by atoms with E-state index in [9.17, 15) is 9.59 Å². The van der Waals surface area contributed by atoms with Crippen molar-refractivity contribution in [2.24, 2.45) is 5.92 Å². The van der Waals surface area contributed by atoms with Gasteiger partial charge in [-0.05, 0) is 25.0 Å². The Morgan fingerprint density at radius 2 is 2.21 bits per heavy atom. The van der Waals surface area contributed by atoms with Gasteiger partial charge in [0.15, 0.2) is 5.13 Å². The number of anilines is 1. The van der Waals surface area contributed by atoms with Gasteiger partial charge in [0.25, 0.3) is 0 Å². The molecular weight excluding hydrogens is 324 g/mol. The van der Waals surface area contributed by atoms with E-state index in [1.807, 2.05) is 28.6 Å². The first-order valence-corrected chi connectivity index (χ1v) is 9.28. The van der Waals surface area contributed by atoms with Crippen molar-refractivity contribution >= 4 is 28.3 Å². The van der Waals surface area contributed by atoms with Gasteiger partial charge in [-0.1, -0.05) is 12.8 Å². The molecule has 2 N–H and O–H groups in total. The fraction of sp³-hybridized carbons (Fsp3) is 0.471. The summed E-state index contributed by atoms with van der Waals surface area (Å²) in [6.45, 7) is 0.546. The van der Waals surface area contributed by atoms with E-state index in [2.05, 4.69) is 15.3 Å². The van der Waals surface area contributed by atoms with Crippen LogP contribution in [-0.4, -0.2) is 39.3 Å². The predicted octanol–water partition coefficient (Wildman–Crippen LogP) is 2.87. The summed E-state index contributed by atoms with van der Waals surface area (Å²) in [4.78, 5) is 34.2. The molecule has 24 heavy (non-hydrogen) atoms. The van der Waals surface area contributed by atoms with Crippen molar-refractivity contribution in [1.82, 2.24) is 14.9 Å². The highest BCUT2D eigenvalue weighted by atomic mass is 32.1. The number of likely N-dealkylation sites (tertiary alicyclic amines) is 1. The Morgan fingerprint density at radius 3 is 2.96 bits per heavy atom. The second-order valence-electron chi connectivity index (χ2n) is 6.50. The fourth-order valence-corrected chi connectivity index (χ4v) is 4.34. The van der Waals surface area contributed by atoms with Gasteiger partial charge in [0.05, 0.1) is 17.3 Å². The molecule has 2 aliphatic rings. The minimum absolute atomic E-state index is 0.101. The summed E-state index contributed by atoms with van der Waals surface area (Å²) in [6.07, 6.45) is 6.68. The third-order valence-corrected chi connectivity index (χ3v) is 5.66. The number of H-pyrrole nitrogens is 1. The van der Waals surface area contributed by atoms with Gasteiger partial charge < -0.3 is 15.2 Å². The van der Waals surface area contributed by atoms with Crippen LogP contribution in [0.4, 0.5) is 5.13 Å². The number of nitrogens with one attached hydrogen (secondary N) is 2. The van der Waals surface area contributed by atoms with Gasteiger partial charge in [-0.3, -0.25) is 9.59 Å². The summed E-state index contributed by atoms with van der Waals surface area (Å²) in [5.74, 6) is -0.250. The first-order chi connectivity index (χ1) is 11.7. The summed E-state index contributed by atoms with van der Waals surface area (Å²) in [5, 5.41) is 5.36. The Kier molecular flexibility index (Phi) is 4.10. The number of amides is 2. The zero-order valence-electron chi connectivity index (χ0n) is 13.3. The first kappa shape index (κ1) is 15.4. The molecular formula is C17H20N4O2S. The third-order valence-electron chi connectivity index (χ3n) is 4.90. The molecule has 0 unspecified atom stereocenters. The van der Waals surface area contributed by atoms with Gasteiger partial charge in [0.1, 0.15) is 0 Å². The number of carbonyl (C=O) groups is 2. The standard InChI is InChI=1S/C17H20N4O2S/c22-15-8-11(9-21(15)12-4-1-2-5-12)16(23)20-17-19-14(10-24-17)13-6-3-7-18-13/h3,6-7,10-12,18H,1-2,4-5,8-9H2,(H,19,20,23)/t11-/m0/s1. The molecule has 126 valence electrons. The molecule has 6 nitrogen and oxygen atoms in total. The lowest BCUT2D eigenvalue weighted by molar-refractivity contribution is -0.129. The summed E-state index contributed by atoms with van der Waals surface area (Å²) >= 11 is 1.40. The average molecular weight is 344 g/mol. The Balaban J connectivity index is 1.39. The maximum Gasteiger partial charge on any atom is 0.231 e. The largest absolute Gasteiger partial charge is 0.360 e. The SMILES string of the molecule is O=C(Nc1nc(-c2ccc[nH]2)cs1)[C@H]1CC(=O)N(C2CCCC2)C1. The number of hydrogen-bond acceptors (Lipinski definition) is 4. The lowest BCUT2D eigenvalue weighted by Crippen LogP contribution is -2.35. The maximum absolute atomic E-state index is 12.5. The van der Waals surface area contributed by atoms with Crippen LogP contribution in [0.1, 0.15) is 32.1 Å². The molecule has 1 aliphatic carbocycles. The molecule has 1 saturated carbocycles. The molecule has 4 rings (SSSR count). The summed E-state index contributed by atoms with van der Waals surface area (Å²) in [5.41, 5.74) is 1.74. The fourth-order valence-electron chi connectivity index (χ4n) is 3.63. The number of hydrogen-bond donors (Lipinski definition) is 2. The normalized spacial score (nSPS) is 21.6. The molecule has 0 bridgehead atoms. The Morgan fingerprint density at radius 1 is 1.38 bits per heavy atom. The van der Waals surface area contributed by atoms with Crippen molar-refractivity contribution in [3.05, 3.63) is 23.7 Å². The highest BCUT2D eigenvalue weighted by Crippen LogP contribution is 2.30. The maximum atomic E-state index is 12.5. The van der Waals surface area contributed by atoms with E-state index in [1.54, 1.807) is 0 Å². The molecule has 0 aromatic carbocycles. The molecule has 0 radical (unpaired) electrons. The van der Waals surface area contributed by atoms with Crippen LogP contribution in [0, 0.1) is 5.92 Å². The van der Waals surface area contributed by atoms with Crippen molar-refractivity contribution < 1.29 is 9.59 Å². The van der Waals surface area contributed by atoms with E-state index in [1.165, 1.54) is 24.2 Å². The topological polar surface area (TPSA) is 78.1 Å². The zero-order chi connectivity index (χ0) is 16.5. The Hall–Kier alpha value is -2.15. The van der Waals surface area contributed by atoms with E-state index >= 15 is 0 Å². The smallest absolute Gasteiger partial charge is 0.231 e. The van der Waals surface area contributed by atoms with Crippen LogP contribution in [0.2, 0.25) is 0 Å². The summed E-state index contributed by atoms with van der Waals surface area (Å²) < 4.78 is 0. The molecule has 1 atom stereocenters. The number of rotatable bonds is 4. The summed E-state index contributed by atoms with van der Waals surface area (Å²) in [6, 6.07) is 4.19. The molecule has 3 heterocycles. The van der Waals surface area contributed by atoms with Gasteiger partial charge in [-0.2, -0.15) is 0 Å². The van der Waals surface area contributed by atoms with Gasteiger partial charge in [-0.15, -0.1) is 11.3 Å². The quantitative estimate of drug-likeness (QED) is 0.895. The van der Waals surface area contributed by atoms with Crippen molar-refractivity contribution in [3.63, 3.8) is 0 Å². The van der Waals surface area contributed by atoms with E-state index in [0.717, 1.165) is 24.2 Å². The molecule has 2 amide bonds. The second kappa shape index (κ2) is 6.39. The highest BCUT2D eigenvalue weighted by Gasteiger charge is 2.38. The number of aromatic amines is 1. The zero-order valence-corrected chi connectivity index (χ0v) is 14.1. The number of nitrogens with zero attached hydrogens (tertiary/aromatic N) is 2. The third kappa shape index (κ3) is 2.96. The van der Waals surface area contributed by atoms with E-state index in [-0.39, 0.29) is 17.7 Å². The Bertz CT molecular complexity index is 734. The molecule has 2 aromatic rings. The van der Waals surface area contributed by atoms with Crippen molar-refractivity contribution in [3.8, 4) is 11.4 Å². The molecule has 1 aliphatic heterocycles. The monoisotopic (exact) mass is 344 g/mol. The van der Waals surface area contributed by atoms with Crippen LogP contribution in [0.25, 0.3) is 11.4 Å². The second-order valence-corrected chi connectivity index (χ2v) is 7.35. The van der Waals surface area contributed by atoms with Crippen LogP contribution in [0.15, 0.2) is 23.7 Å². The van der Waals surface area contributed by atoms with E-state index < -0.39 is 0 Å². The van der Waals surface area contributed by atoms with Crippen molar-refractivity contribution in [2.45, 2.75) is 38.1 Å². The summed E-state index contributed by atoms with van der Waals surface area (Å²) in [7, 11) is 0. The van der Waals surface area contributed by atoms with Crippen LogP contribution in [0.3, 0.4) is 0 Å². The highest BCUT2D eigenvalue weighted by molar-refractivity contribution is 7.14. The van der Waals surface area contributed by atoms with Crippen LogP contribution < -0.4 is 5.32 Å². The lowest BCUT2D eigenvalue weighted by Gasteiger charge is -2.23. The Labute approximate surface area is 144 Å².